The SMILES string of the molecule is CCOC(=O)c1ccc2[nH]cc(C(=O)Oc3ccc(Cl)cc3)c2c1. The van der Waals surface area contributed by atoms with Crippen molar-refractivity contribution in [3.8, 4) is 5.75 Å². The van der Waals surface area contributed by atoms with Crippen molar-refractivity contribution in [3.63, 3.8) is 0 Å². The van der Waals surface area contributed by atoms with Gasteiger partial charge in [0.15, 0.2) is 0 Å². The number of carbonyl (C=O) groups is 2. The van der Waals surface area contributed by atoms with E-state index in [0.717, 1.165) is 5.52 Å². The van der Waals surface area contributed by atoms with Crippen molar-refractivity contribution < 1.29 is 19.1 Å². The van der Waals surface area contributed by atoms with Crippen molar-refractivity contribution in [3.05, 3.63) is 64.8 Å². The predicted octanol–water partition coefficient (Wildman–Crippen LogP) is 4.22. The van der Waals surface area contributed by atoms with Crippen LogP contribution in [0.1, 0.15) is 27.6 Å². The molecule has 3 aromatic rings. The van der Waals surface area contributed by atoms with Gasteiger partial charge in [0, 0.05) is 22.1 Å². The summed E-state index contributed by atoms with van der Waals surface area (Å²) >= 11 is 5.81. The van der Waals surface area contributed by atoms with Crippen molar-refractivity contribution in [1.29, 1.82) is 0 Å². The molecule has 1 heterocycles. The average Bonchev–Trinajstić information content (AvgIpc) is 3.00. The summed E-state index contributed by atoms with van der Waals surface area (Å²) in [6.45, 7) is 2.02. The average molecular weight is 344 g/mol. The van der Waals surface area contributed by atoms with Crippen LogP contribution in [0.4, 0.5) is 0 Å². The summed E-state index contributed by atoms with van der Waals surface area (Å²) in [5, 5.41) is 1.15. The number of rotatable bonds is 4. The van der Waals surface area contributed by atoms with Crippen LogP contribution in [-0.2, 0) is 4.74 Å². The number of halogens is 1. The molecule has 0 saturated heterocycles. The fraction of sp³-hybridized carbons (Fsp3) is 0.111. The van der Waals surface area contributed by atoms with E-state index in [1.54, 1.807) is 55.6 Å². The molecule has 1 aromatic heterocycles. The highest BCUT2D eigenvalue weighted by Gasteiger charge is 2.16. The first-order valence-electron chi connectivity index (χ1n) is 7.34. The molecule has 0 spiro atoms. The van der Waals surface area contributed by atoms with Crippen LogP contribution < -0.4 is 4.74 Å². The summed E-state index contributed by atoms with van der Waals surface area (Å²) in [5.74, 6) is -0.567. The molecule has 6 heteroatoms. The second-order valence-corrected chi connectivity index (χ2v) is 5.46. The monoisotopic (exact) mass is 343 g/mol. The number of nitrogens with one attached hydrogen (secondary N) is 1. The molecule has 0 amide bonds. The molecule has 1 N–H and O–H groups in total. The molecule has 0 aliphatic carbocycles. The largest absolute Gasteiger partial charge is 0.462 e. The van der Waals surface area contributed by atoms with Crippen LogP contribution >= 0.6 is 11.6 Å². The number of aromatic amines is 1. The Bertz CT molecular complexity index is 899. The van der Waals surface area contributed by atoms with Gasteiger partial charge in [0.05, 0.1) is 17.7 Å². The summed E-state index contributed by atoms with van der Waals surface area (Å²) in [6.07, 6.45) is 1.55. The highest BCUT2D eigenvalue weighted by atomic mass is 35.5. The Morgan fingerprint density at radius 1 is 1.08 bits per heavy atom. The molecule has 122 valence electrons. The van der Waals surface area contributed by atoms with Gasteiger partial charge >= 0.3 is 11.9 Å². The molecular formula is C18H14ClNO4. The van der Waals surface area contributed by atoms with Crippen LogP contribution in [0.3, 0.4) is 0 Å². The van der Waals surface area contributed by atoms with Crippen molar-refractivity contribution in [2.75, 3.05) is 6.61 Å². The third-order valence-electron chi connectivity index (χ3n) is 3.44. The molecular weight excluding hydrogens is 330 g/mol. The summed E-state index contributed by atoms with van der Waals surface area (Å²) < 4.78 is 10.3. The maximum Gasteiger partial charge on any atom is 0.345 e. The van der Waals surface area contributed by atoms with Crippen LogP contribution in [0, 0.1) is 0 Å². The summed E-state index contributed by atoms with van der Waals surface area (Å²) in [5.41, 5.74) is 1.45. The Hall–Kier alpha value is -2.79. The van der Waals surface area contributed by atoms with E-state index < -0.39 is 11.9 Å². The van der Waals surface area contributed by atoms with Gasteiger partial charge in [-0.1, -0.05) is 11.6 Å². The molecule has 0 unspecified atom stereocenters. The van der Waals surface area contributed by atoms with E-state index in [4.69, 9.17) is 21.1 Å². The lowest BCUT2D eigenvalue weighted by Gasteiger charge is -2.05. The zero-order valence-electron chi connectivity index (χ0n) is 12.8. The number of carbonyl (C=O) groups excluding carboxylic acids is 2. The number of benzene rings is 2. The fourth-order valence-corrected chi connectivity index (χ4v) is 2.42. The van der Waals surface area contributed by atoms with Crippen LogP contribution in [0.25, 0.3) is 10.9 Å². The fourth-order valence-electron chi connectivity index (χ4n) is 2.30. The van der Waals surface area contributed by atoms with Gasteiger partial charge in [-0.3, -0.25) is 0 Å². The standard InChI is InChI=1S/C18H14ClNO4/c1-2-23-17(21)11-3-8-16-14(9-11)15(10-20-16)18(22)24-13-6-4-12(19)5-7-13/h3-10,20H,2H2,1H3. The van der Waals surface area contributed by atoms with Crippen molar-refractivity contribution in [1.82, 2.24) is 4.98 Å². The Morgan fingerprint density at radius 3 is 2.54 bits per heavy atom. The molecule has 0 radical (unpaired) electrons. The van der Waals surface area contributed by atoms with E-state index in [2.05, 4.69) is 4.98 Å². The number of ether oxygens (including phenoxy) is 2. The van der Waals surface area contributed by atoms with Crippen LogP contribution in [-0.4, -0.2) is 23.5 Å². The lowest BCUT2D eigenvalue weighted by atomic mass is 10.1. The first-order chi connectivity index (χ1) is 11.6. The van der Waals surface area contributed by atoms with E-state index >= 15 is 0 Å². The predicted molar refractivity (Wildman–Crippen MR) is 90.7 cm³/mol. The highest BCUT2D eigenvalue weighted by Crippen LogP contribution is 2.23. The minimum Gasteiger partial charge on any atom is -0.462 e. The third kappa shape index (κ3) is 3.26. The minimum absolute atomic E-state index is 0.287. The first-order valence-corrected chi connectivity index (χ1v) is 7.72. The van der Waals surface area contributed by atoms with E-state index in [1.807, 2.05) is 0 Å². The van der Waals surface area contributed by atoms with Gasteiger partial charge in [0.1, 0.15) is 5.75 Å². The number of aromatic nitrogens is 1. The molecule has 0 aliphatic heterocycles. The zero-order valence-corrected chi connectivity index (χ0v) is 13.6. The second kappa shape index (κ2) is 6.76. The van der Waals surface area contributed by atoms with E-state index in [0.29, 0.717) is 27.3 Å². The molecule has 5 nitrogen and oxygen atoms in total. The smallest absolute Gasteiger partial charge is 0.345 e. The van der Waals surface area contributed by atoms with Gasteiger partial charge in [0.25, 0.3) is 0 Å². The van der Waals surface area contributed by atoms with E-state index in [-0.39, 0.29) is 6.61 Å². The van der Waals surface area contributed by atoms with Crippen LogP contribution in [0.2, 0.25) is 5.02 Å². The quantitative estimate of drug-likeness (QED) is 0.569. The van der Waals surface area contributed by atoms with Crippen molar-refractivity contribution >= 4 is 34.4 Å². The third-order valence-corrected chi connectivity index (χ3v) is 3.69. The molecule has 0 atom stereocenters. The molecule has 2 aromatic carbocycles. The summed E-state index contributed by atoms with van der Waals surface area (Å²) in [6, 6.07) is 11.5. The second-order valence-electron chi connectivity index (χ2n) is 5.03. The lowest BCUT2D eigenvalue weighted by Crippen LogP contribution is -2.08. The Labute approximate surface area is 143 Å². The van der Waals surface area contributed by atoms with E-state index in [1.165, 1.54) is 0 Å². The van der Waals surface area contributed by atoms with Crippen molar-refractivity contribution in [2.24, 2.45) is 0 Å². The Balaban J connectivity index is 1.90. The zero-order chi connectivity index (χ0) is 17.1. The van der Waals surface area contributed by atoms with Gasteiger partial charge in [-0.05, 0) is 49.4 Å². The number of hydrogen-bond donors (Lipinski definition) is 1. The lowest BCUT2D eigenvalue weighted by molar-refractivity contribution is 0.0526. The number of hydrogen-bond acceptors (Lipinski definition) is 4. The first kappa shape index (κ1) is 16.1. The molecule has 3 rings (SSSR count). The minimum atomic E-state index is -0.524. The topological polar surface area (TPSA) is 68.4 Å². The molecule has 0 bridgehead atoms. The normalized spacial score (nSPS) is 10.6. The van der Waals surface area contributed by atoms with Gasteiger partial charge in [-0.25, -0.2) is 9.59 Å². The van der Waals surface area contributed by atoms with Crippen LogP contribution in [0.5, 0.6) is 5.75 Å². The van der Waals surface area contributed by atoms with Gasteiger partial charge in [0.2, 0.25) is 0 Å². The molecule has 0 saturated carbocycles. The van der Waals surface area contributed by atoms with Crippen molar-refractivity contribution in [2.45, 2.75) is 6.92 Å². The maximum atomic E-state index is 12.4. The Morgan fingerprint density at radius 2 is 1.83 bits per heavy atom. The molecule has 0 fully saturated rings. The van der Waals surface area contributed by atoms with E-state index in [9.17, 15) is 9.59 Å². The molecule has 0 aliphatic rings. The summed E-state index contributed by atoms with van der Waals surface area (Å²) in [4.78, 5) is 27.2. The van der Waals surface area contributed by atoms with Gasteiger partial charge in [-0.2, -0.15) is 0 Å². The van der Waals surface area contributed by atoms with Gasteiger partial charge in [-0.15, -0.1) is 0 Å². The molecule has 24 heavy (non-hydrogen) atoms. The maximum absolute atomic E-state index is 12.4. The number of H-pyrrole nitrogens is 1. The van der Waals surface area contributed by atoms with Crippen LogP contribution in [0.15, 0.2) is 48.7 Å². The van der Waals surface area contributed by atoms with Gasteiger partial charge < -0.3 is 14.5 Å². The summed E-state index contributed by atoms with van der Waals surface area (Å²) in [7, 11) is 0. The number of esters is 2. The highest BCUT2D eigenvalue weighted by molar-refractivity contribution is 6.30. The number of fused-ring (bicyclic) bond motifs is 1. The Kier molecular flexibility index (Phi) is 4.53.